The fraction of sp³-hybridized carbons (Fsp3) is 0.447. The number of carboxylic acid groups (broad SMARTS) is 1. The first-order valence-electron chi connectivity index (χ1n) is 19.2. The highest BCUT2D eigenvalue weighted by molar-refractivity contribution is 7.80. The van der Waals surface area contributed by atoms with Crippen LogP contribution >= 0.6 is 25.3 Å². The Morgan fingerprint density at radius 2 is 0.951 bits per heavy atom. The summed E-state index contributed by atoms with van der Waals surface area (Å²) >= 11 is 7.99. The number of amides is 6. The molecule has 0 fully saturated rings. The minimum atomic E-state index is -1.36. The number of nitrogens with zero attached hydrogens (tertiary/aromatic N) is 2. The SMILES string of the molecule is NC(N)=NCCC[C@H](NC(=O)CNC(=O)[C@@H](N)CS)C(=O)N[C@H](Cc1ccccc1)C(=O)N[C@@H](CCCN=C(N)N)C(=O)N[C@@H](Cc1ccccc1)C(=O)N[C@@H](CS)C(=O)O. The van der Waals surface area contributed by atoms with Gasteiger partial charge in [-0.15, -0.1) is 0 Å². The number of nitrogens with one attached hydrogen (secondary N) is 6. The Bertz CT molecular complexity index is 1820. The molecule has 0 radical (unpaired) electrons. The zero-order chi connectivity index (χ0) is 45.3. The molecule has 334 valence electrons. The highest BCUT2D eigenvalue weighted by atomic mass is 32.1. The Kier molecular flexibility index (Phi) is 23.1. The number of carbonyl (C=O) groups excluding carboxylic acids is 6. The fourth-order valence-corrected chi connectivity index (χ4v) is 5.98. The van der Waals surface area contributed by atoms with Crippen molar-refractivity contribution in [2.24, 2.45) is 38.7 Å². The third-order valence-electron chi connectivity index (χ3n) is 8.76. The average molecular weight is 888 g/mol. The van der Waals surface area contributed by atoms with Crippen molar-refractivity contribution in [3.63, 3.8) is 0 Å². The molecule has 2 aromatic carbocycles. The van der Waals surface area contributed by atoms with E-state index in [-0.39, 0.29) is 75.0 Å². The molecule has 0 aliphatic rings. The van der Waals surface area contributed by atoms with Gasteiger partial charge in [-0.3, -0.25) is 38.8 Å². The summed E-state index contributed by atoms with van der Waals surface area (Å²) in [5.41, 5.74) is 28.8. The van der Waals surface area contributed by atoms with E-state index in [9.17, 15) is 38.7 Å². The van der Waals surface area contributed by atoms with E-state index in [1.165, 1.54) is 0 Å². The van der Waals surface area contributed by atoms with Crippen LogP contribution in [0.15, 0.2) is 70.6 Å². The Hall–Kier alpha value is -6.07. The summed E-state index contributed by atoms with van der Waals surface area (Å²) < 4.78 is 0. The van der Waals surface area contributed by atoms with Crippen LogP contribution in [-0.2, 0) is 46.4 Å². The molecule has 23 heteroatoms. The number of rotatable bonds is 27. The van der Waals surface area contributed by atoms with Crippen molar-refractivity contribution in [3.05, 3.63) is 71.8 Å². The molecule has 0 spiro atoms. The Morgan fingerprint density at radius 1 is 0.557 bits per heavy atom. The lowest BCUT2D eigenvalue weighted by molar-refractivity contribution is -0.141. The molecule has 0 saturated carbocycles. The Labute approximate surface area is 364 Å². The van der Waals surface area contributed by atoms with Crippen LogP contribution < -0.4 is 60.6 Å². The molecule has 0 aromatic heterocycles. The van der Waals surface area contributed by atoms with E-state index in [1.54, 1.807) is 60.7 Å². The van der Waals surface area contributed by atoms with Gasteiger partial charge in [0.1, 0.15) is 30.2 Å². The minimum Gasteiger partial charge on any atom is -0.480 e. The summed E-state index contributed by atoms with van der Waals surface area (Å²) in [5.74, 6) is -6.48. The van der Waals surface area contributed by atoms with Gasteiger partial charge in [-0.2, -0.15) is 25.3 Å². The molecule has 2 rings (SSSR count). The summed E-state index contributed by atoms with van der Waals surface area (Å²) in [6.07, 6.45) is 0.267. The molecule has 0 saturated heterocycles. The van der Waals surface area contributed by atoms with Crippen LogP contribution in [0, 0.1) is 0 Å². The number of aliphatic carboxylic acids is 1. The first-order valence-corrected chi connectivity index (χ1v) is 20.5. The predicted molar refractivity (Wildman–Crippen MR) is 236 cm³/mol. The van der Waals surface area contributed by atoms with Gasteiger partial charge in [-0.25, -0.2) is 4.79 Å². The second-order valence-corrected chi connectivity index (χ2v) is 14.4. The van der Waals surface area contributed by atoms with Crippen LogP contribution in [0.3, 0.4) is 0 Å². The normalized spacial score (nSPS) is 13.6. The van der Waals surface area contributed by atoms with Gasteiger partial charge in [0, 0.05) is 37.4 Å². The molecule has 21 nitrogen and oxygen atoms in total. The lowest BCUT2D eigenvalue weighted by atomic mass is 10.0. The standard InChI is InChI=1S/C38H57N13O8S2/c39-24(20-60)31(53)46-19-30(52)47-25(13-7-15-44-37(40)41)32(54)49-27(17-22-9-3-1-4-10-22)34(56)48-26(14-8-16-45-38(42)43)33(55)50-28(18-23-11-5-2-6-12-23)35(57)51-29(21-61)36(58)59/h1-6,9-12,24-29,60-61H,7-8,13-21,39H2,(H,46,53)(H,47,52)(H,48,56)(H,49,54)(H,50,55)(H,51,57)(H,58,59)(H4,40,41,44)(H4,42,43,45)/t24-,25-,26-,27+,28-,29-/m0/s1. The van der Waals surface area contributed by atoms with Crippen LogP contribution in [0.1, 0.15) is 36.8 Å². The minimum absolute atomic E-state index is 0.00870. The zero-order valence-electron chi connectivity index (χ0n) is 33.5. The van der Waals surface area contributed by atoms with Crippen molar-refractivity contribution in [2.75, 3.05) is 31.1 Å². The molecule has 0 aliphatic heterocycles. The van der Waals surface area contributed by atoms with Crippen molar-refractivity contribution in [1.29, 1.82) is 0 Å². The summed E-state index contributed by atoms with van der Waals surface area (Å²) in [6, 6.07) is 9.78. The Balaban J connectivity index is 2.45. The van der Waals surface area contributed by atoms with Crippen molar-refractivity contribution in [3.8, 4) is 0 Å². The lowest BCUT2D eigenvalue weighted by Gasteiger charge is -2.27. The second-order valence-electron chi connectivity index (χ2n) is 13.7. The van der Waals surface area contributed by atoms with Gasteiger partial charge in [0.15, 0.2) is 11.9 Å². The highest BCUT2D eigenvalue weighted by Crippen LogP contribution is 2.10. The number of nitrogens with two attached hydrogens (primary N) is 5. The molecule has 0 bridgehead atoms. The summed E-state index contributed by atoms with van der Waals surface area (Å²) in [6.45, 7) is -0.336. The molecule has 6 amide bonds. The number of guanidine groups is 2. The molecule has 0 aliphatic carbocycles. The fourth-order valence-electron chi connectivity index (χ4n) is 5.56. The molecule has 0 heterocycles. The van der Waals surface area contributed by atoms with Crippen molar-refractivity contribution < 1.29 is 38.7 Å². The largest absolute Gasteiger partial charge is 0.480 e. The summed E-state index contributed by atoms with van der Waals surface area (Å²) in [4.78, 5) is 100. The molecular formula is C38H57N13O8S2. The van der Waals surface area contributed by atoms with Crippen molar-refractivity contribution >= 4 is 78.6 Å². The van der Waals surface area contributed by atoms with Gasteiger partial charge in [0.25, 0.3) is 0 Å². The molecular weight excluding hydrogens is 831 g/mol. The topological polar surface area (TPSA) is 367 Å². The third-order valence-corrected chi connectivity index (χ3v) is 9.52. The number of benzene rings is 2. The van der Waals surface area contributed by atoms with E-state index in [0.717, 1.165) is 0 Å². The first kappa shape index (κ1) is 51.1. The van der Waals surface area contributed by atoms with E-state index in [2.05, 4.69) is 67.1 Å². The average Bonchev–Trinajstić information content (AvgIpc) is 3.23. The van der Waals surface area contributed by atoms with Crippen LogP contribution in [-0.4, -0.2) is 126 Å². The van der Waals surface area contributed by atoms with Gasteiger partial charge < -0.3 is 65.7 Å². The summed E-state index contributed by atoms with van der Waals surface area (Å²) in [5, 5.41) is 24.9. The zero-order valence-corrected chi connectivity index (χ0v) is 35.3. The van der Waals surface area contributed by atoms with E-state index >= 15 is 0 Å². The van der Waals surface area contributed by atoms with Crippen LogP contribution in [0.25, 0.3) is 0 Å². The van der Waals surface area contributed by atoms with Gasteiger partial charge in [-0.1, -0.05) is 60.7 Å². The second kappa shape index (κ2) is 27.6. The monoisotopic (exact) mass is 887 g/mol. The van der Waals surface area contributed by atoms with E-state index in [0.29, 0.717) is 11.1 Å². The van der Waals surface area contributed by atoms with Crippen LogP contribution in [0.5, 0.6) is 0 Å². The molecule has 61 heavy (non-hydrogen) atoms. The number of aliphatic imine (C=N–C) groups is 2. The predicted octanol–water partition coefficient (Wildman–Crippen LogP) is -3.61. The lowest BCUT2D eigenvalue weighted by Crippen LogP contribution is -2.59. The quantitative estimate of drug-likeness (QED) is 0.0179. The van der Waals surface area contributed by atoms with Gasteiger partial charge in [-0.05, 0) is 36.8 Å². The first-order chi connectivity index (χ1) is 29.0. The molecule has 0 unspecified atom stereocenters. The maximum atomic E-state index is 14.2. The number of thiol groups is 2. The number of carbonyl (C=O) groups is 7. The van der Waals surface area contributed by atoms with Gasteiger partial charge in [0.05, 0.1) is 12.6 Å². The summed E-state index contributed by atoms with van der Waals surface area (Å²) in [7, 11) is 0. The molecule has 2 aromatic rings. The van der Waals surface area contributed by atoms with E-state index < -0.39 is 84.2 Å². The van der Waals surface area contributed by atoms with Crippen LogP contribution in [0.2, 0.25) is 0 Å². The van der Waals surface area contributed by atoms with Crippen LogP contribution in [0.4, 0.5) is 0 Å². The maximum absolute atomic E-state index is 14.2. The molecule has 17 N–H and O–H groups in total. The maximum Gasteiger partial charge on any atom is 0.327 e. The third kappa shape index (κ3) is 20.2. The smallest absolute Gasteiger partial charge is 0.327 e. The number of hydrogen-bond donors (Lipinski definition) is 14. The van der Waals surface area contributed by atoms with Crippen molar-refractivity contribution in [2.45, 2.75) is 74.8 Å². The van der Waals surface area contributed by atoms with Gasteiger partial charge in [0.2, 0.25) is 35.4 Å². The highest BCUT2D eigenvalue weighted by Gasteiger charge is 2.32. The molecule has 6 atom stereocenters. The Morgan fingerprint density at radius 3 is 1.34 bits per heavy atom. The van der Waals surface area contributed by atoms with E-state index in [1.807, 2.05) is 0 Å². The number of carboxylic acids is 1. The van der Waals surface area contributed by atoms with Gasteiger partial charge >= 0.3 is 5.97 Å². The number of hydrogen-bond acceptors (Lipinski definition) is 12. The van der Waals surface area contributed by atoms with E-state index in [4.69, 9.17) is 28.7 Å². The van der Waals surface area contributed by atoms with Crippen molar-refractivity contribution in [1.82, 2.24) is 31.9 Å².